The molecule has 0 fully saturated rings. The molecule has 0 bridgehead atoms. The molecule has 1 unspecified atom stereocenters. The van der Waals surface area contributed by atoms with Gasteiger partial charge in [-0.1, -0.05) is 54.5 Å². The third kappa shape index (κ3) is 5.25. The van der Waals surface area contributed by atoms with Gasteiger partial charge in [0.1, 0.15) is 0 Å². The van der Waals surface area contributed by atoms with Crippen LogP contribution in [-0.2, 0) is 11.3 Å². The first-order valence-electron chi connectivity index (χ1n) is 9.39. The zero-order valence-corrected chi connectivity index (χ0v) is 16.3. The molecule has 0 saturated carbocycles. The van der Waals surface area contributed by atoms with Crippen molar-refractivity contribution in [3.8, 4) is 11.5 Å². The molecule has 0 amide bonds. The molecule has 0 aliphatic carbocycles. The normalized spacial score (nSPS) is 12.4. The molecular formula is C22H27N3O2. The Hall–Kier alpha value is -2.50. The van der Waals surface area contributed by atoms with Crippen molar-refractivity contribution in [1.29, 1.82) is 0 Å². The van der Waals surface area contributed by atoms with Crippen LogP contribution in [0.4, 0.5) is 0 Å². The summed E-state index contributed by atoms with van der Waals surface area (Å²) < 4.78 is 11.0. The maximum Gasteiger partial charge on any atom is 0.257 e. The minimum absolute atomic E-state index is 0.0632. The summed E-state index contributed by atoms with van der Waals surface area (Å²) in [6.45, 7) is 6.97. The number of rotatable bonds is 9. The van der Waals surface area contributed by atoms with Crippen LogP contribution in [-0.4, -0.2) is 35.2 Å². The second-order valence-corrected chi connectivity index (χ2v) is 6.64. The lowest BCUT2D eigenvalue weighted by molar-refractivity contribution is 0.0827. The second kappa shape index (κ2) is 9.44. The third-order valence-corrected chi connectivity index (χ3v) is 4.75. The highest BCUT2D eigenvalue weighted by atomic mass is 16.5. The zero-order valence-electron chi connectivity index (χ0n) is 16.3. The highest BCUT2D eigenvalue weighted by molar-refractivity contribution is 5.53. The summed E-state index contributed by atoms with van der Waals surface area (Å²) in [6, 6.07) is 18.8. The van der Waals surface area contributed by atoms with Crippen molar-refractivity contribution in [3.63, 3.8) is 0 Å². The first-order valence-corrected chi connectivity index (χ1v) is 9.39. The van der Waals surface area contributed by atoms with E-state index in [0.29, 0.717) is 11.7 Å². The van der Waals surface area contributed by atoms with Gasteiger partial charge in [-0.25, -0.2) is 0 Å². The van der Waals surface area contributed by atoms with Crippen LogP contribution >= 0.6 is 0 Å². The standard InChI is InChI=1S/C22H27N3O2/c1-4-25(16-18-8-6-5-7-9-18)15-14-21(26-3)19-10-12-20(13-11-19)22-23-17(2)24-27-22/h5-13,21H,4,14-16H2,1-3H3. The van der Waals surface area contributed by atoms with E-state index in [1.807, 2.05) is 19.1 Å². The maximum atomic E-state index is 5.75. The van der Waals surface area contributed by atoms with Gasteiger partial charge < -0.3 is 9.26 Å². The van der Waals surface area contributed by atoms with Crippen molar-refractivity contribution in [1.82, 2.24) is 15.0 Å². The van der Waals surface area contributed by atoms with E-state index in [1.165, 1.54) is 5.56 Å². The monoisotopic (exact) mass is 365 g/mol. The van der Waals surface area contributed by atoms with E-state index in [-0.39, 0.29) is 6.10 Å². The molecular weight excluding hydrogens is 338 g/mol. The number of hydrogen-bond donors (Lipinski definition) is 0. The summed E-state index contributed by atoms with van der Waals surface area (Å²) in [5, 5.41) is 3.84. The lowest BCUT2D eigenvalue weighted by atomic mass is 10.0. The van der Waals surface area contributed by atoms with E-state index in [4.69, 9.17) is 9.26 Å². The SMILES string of the molecule is CCN(CCC(OC)c1ccc(-c2nc(C)no2)cc1)Cc1ccccc1. The molecule has 5 heteroatoms. The Kier molecular flexibility index (Phi) is 6.74. The van der Waals surface area contributed by atoms with E-state index in [9.17, 15) is 0 Å². The molecule has 27 heavy (non-hydrogen) atoms. The van der Waals surface area contributed by atoms with E-state index >= 15 is 0 Å². The quantitative estimate of drug-likeness (QED) is 0.553. The molecule has 0 radical (unpaired) electrons. The molecule has 1 atom stereocenters. The molecule has 1 heterocycles. The first-order chi connectivity index (χ1) is 13.2. The van der Waals surface area contributed by atoms with E-state index in [1.54, 1.807) is 7.11 Å². The number of ether oxygens (including phenoxy) is 1. The number of aromatic nitrogens is 2. The van der Waals surface area contributed by atoms with Crippen LogP contribution in [0, 0.1) is 6.92 Å². The largest absolute Gasteiger partial charge is 0.377 e. The fourth-order valence-electron chi connectivity index (χ4n) is 3.17. The molecule has 3 rings (SSSR count). The van der Waals surface area contributed by atoms with E-state index in [0.717, 1.165) is 37.2 Å². The molecule has 0 N–H and O–H groups in total. The highest BCUT2D eigenvalue weighted by Crippen LogP contribution is 2.25. The first kappa shape index (κ1) is 19.3. The topological polar surface area (TPSA) is 51.4 Å². The van der Waals surface area contributed by atoms with Crippen molar-refractivity contribution in [2.45, 2.75) is 32.9 Å². The van der Waals surface area contributed by atoms with E-state index < -0.39 is 0 Å². The van der Waals surface area contributed by atoms with Gasteiger partial charge in [-0.3, -0.25) is 4.90 Å². The Morgan fingerprint density at radius 3 is 2.41 bits per heavy atom. The second-order valence-electron chi connectivity index (χ2n) is 6.64. The Morgan fingerprint density at radius 1 is 1.07 bits per heavy atom. The summed E-state index contributed by atoms with van der Waals surface area (Å²) in [5.41, 5.74) is 3.43. The fraction of sp³-hybridized carbons (Fsp3) is 0.364. The van der Waals surface area contributed by atoms with E-state index in [2.05, 4.69) is 64.4 Å². The highest BCUT2D eigenvalue weighted by Gasteiger charge is 2.14. The van der Waals surface area contributed by atoms with Crippen molar-refractivity contribution in [2.75, 3.05) is 20.2 Å². The van der Waals surface area contributed by atoms with Gasteiger partial charge in [-0.05, 0) is 43.1 Å². The molecule has 3 aromatic rings. The van der Waals surface area contributed by atoms with Gasteiger partial charge in [0, 0.05) is 25.8 Å². The summed E-state index contributed by atoms with van der Waals surface area (Å²) in [4.78, 5) is 6.71. The van der Waals surface area contributed by atoms with Gasteiger partial charge >= 0.3 is 0 Å². The molecule has 1 aromatic heterocycles. The Morgan fingerprint density at radius 2 is 1.81 bits per heavy atom. The number of benzene rings is 2. The van der Waals surface area contributed by atoms with Crippen molar-refractivity contribution < 1.29 is 9.26 Å². The molecule has 0 spiro atoms. The van der Waals surface area contributed by atoms with Gasteiger partial charge in [-0.2, -0.15) is 4.98 Å². The van der Waals surface area contributed by atoms with Gasteiger partial charge in [0.25, 0.3) is 5.89 Å². The Bertz CT molecular complexity index is 815. The molecule has 0 aliphatic heterocycles. The maximum absolute atomic E-state index is 5.75. The number of methoxy groups -OCH3 is 1. The Balaban J connectivity index is 1.60. The summed E-state index contributed by atoms with van der Waals surface area (Å²) in [5.74, 6) is 1.19. The van der Waals surface area contributed by atoms with Crippen LogP contribution < -0.4 is 0 Å². The molecule has 0 saturated heterocycles. The van der Waals surface area contributed by atoms with Gasteiger partial charge in [-0.15, -0.1) is 0 Å². The fourth-order valence-corrected chi connectivity index (χ4v) is 3.17. The van der Waals surface area contributed by atoms with Crippen LogP contribution in [0.3, 0.4) is 0 Å². The van der Waals surface area contributed by atoms with Gasteiger partial charge in [0.15, 0.2) is 5.82 Å². The predicted octanol–water partition coefficient (Wildman–Crippen LogP) is 4.64. The Labute approximate surface area is 161 Å². The van der Waals surface area contributed by atoms with Crippen molar-refractivity contribution in [3.05, 3.63) is 71.5 Å². The summed E-state index contributed by atoms with van der Waals surface area (Å²) in [6.07, 6.45) is 1.00. The number of nitrogens with zero attached hydrogens (tertiary/aromatic N) is 3. The van der Waals surface area contributed by atoms with Crippen LogP contribution in [0.15, 0.2) is 59.1 Å². The molecule has 0 aliphatic rings. The van der Waals surface area contributed by atoms with Crippen LogP contribution in [0.5, 0.6) is 0 Å². The summed E-state index contributed by atoms with van der Waals surface area (Å²) >= 11 is 0. The van der Waals surface area contributed by atoms with Crippen LogP contribution in [0.25, 0.3) is 11.5 Å². The molecule has 142 valence electrons. The third-order valence-electron chi connectivity index (χ3n) is 4.75. The smallest absolute Gasteiger partial charge is 0.257 e. The summed E-state index contributed by atoms with van der Waals surface area (Å²) in [7, 11) is 1.77. The van der Waals surface area contributed by atoms with Gasteiger partial charge in [0.2, 0.25) is 0 Å². The molecule has 5 nitrogen and oxygen atoms in total. The van der Waals surface area contributed by atoms with Gasteiger partial charge in [0.05, 0.1) is 6.10 Å². The van der Waals surface area contributed by atoms with Crippen molar-refractivity contribution in [2.24, 2.45) is 0 Å². The number of hydrogen-bond acceptors (Lipinski definition) is 5. The van der Waals surface area contributed by atoms with Crippen LogP contribution in [0.2, 0.25) is 0 Å². The lowest BCUT2D eigenvalue weighted by Gasteiger charge is -2.24. The average Bonchev–Trinajstić information content (AvgIpc) is 3.15. The minimum Gasteiger partial charge on any atom is -0.377 e. The lowest BCUT2D eigenvalue weighted by Crippen LogP contribution is -2.25. The number of aryl methyl sites for hydroxylation is 1. The van der Waals surface area contributed by atoms with Crippen molar-refractivity contribution >= 4 is 0 Å². The minimum atomic E-state index is 0.0632. The zero-order chi connectivity index (χ0) is 19.1. The van der Waals surface area contributed by atoms with Crippen LogP contribution in [0.1, 0.15) is 36.4 Å². The molecule has 2 aromatic carbocycles. The predicted molar refractivity (Wildman–Crippen MR) is 106 cm³/mol. The average molecular weight is 365 g/mol.